The predicted molar refractivity (Wildman–Crippen MR) is 91.3 cm³/mol. The highest BCUT2D eigenvalue weighted by Gasteiger charge is 2.21. The van der Waals surface area contributed by atoms with Gasteiger partial charge in [-0.1, -0.05) is 35.9 Å². The normalized spacial score (nSPS) is 11.4. The molecule has 1 atom stereocenters. The number of aliphatic carboxylic acids is 1. The molecule has 25 heavy (non-hydrogen) atoms. The van der Waals surface area contributed by atoms with E-state index < -0.39 is 23.8 Å². The van der Waals surface area contributed by atoms with E-state index in [0.717, 1.165) is 0 Å². The second-order valence-corrected chi connectivity index (χ2v) is 5.59. The van der Waals surface area contributed by atoms with Crippen molar-refractivity contribution in [2.24, 2.45) is 0 Å². The van der Waals surface area contributed by atoms with Crippen LogP contribution in [0.15, 0.2) is 48.7 Å². The zero-order valence-corrected chi connectivity index (χ0v) is 13.9. The number of benzene rings is 1. The summed E-state index contributed by atoms with van der Waals surface area (Å²) in [7, 11) is 0. The Morgan fingerprint density at radius 2 is 1.84 bits per heavy atom. The fraction of sp³-hybridized carbons (Fsp3) is 0.176. The Hall–Kier alpha value is -2.93. The van der Waals surface area contributed by atoms with Crippen molar-refractivity contribution in [3.8, 4) is 0 Å². The average molecular weight is 362 g/mol. The van der Waals surface area contributed by atoms with Crippen molar-refractivity contribution in [2.75, 3.05) is 6.54 Å². The molecule has 1 aromatic carbocycles. The lowest BCUT2D eigenvalue weighted by molar-refractivity contribution is -0.141. The number of amides is 2. The summed E-state index contributed by atoms with van der Waals surface area (Å²) in [5.41, 5.74) is 1.03. The molecule has 1 aromatic heterocycles. The van der Waals surface area contributed by atoms with Gasteiger partial charge in [-0.05, 0) is 23.8 Å². The molecule has 2 aromatic rings. The van der Waals surface area contributed by atoms with Crippen molar-refractivity contribution < 1.29 is 19.5 Å². The van der Waals surface area contributed by atoms with E-state index in [1.165, 1.54) is 12.3 Å². The average Bonchev–Trinajstić information content (AvgIpc) is 2.61. The van der Waals surface area contributed by atoms with Gasteiger partial charge < -0.3 is 15.7 Å². The highest BCUT2D eigenvalue weighted by atomic mass is 35.5. The maximum Gasteiger partial charge on any atom is 0.326 e. The third-order valence-corrected chi connectivity index (χ3v) is 3.53. The molecule has 0 spiro atoms. The van der Waals surface area contributed by atoms with Crippen LogP contribution in [0.1, 0.15) is 15.9 Å². The van der Waals surface area contributed by atoms with Crippen LogP contribution >= 0.6 is 11.6 Å². The van der Waals surface area contributed by atoms with Gasteiger partial charge in [0.05, 0.1) is 6.54 Å². The molecule has 0 bridgehead atoms. The molecule has 130 valence electrons. The summed E-state index contributed by atoms with van der Waals surface area (Å²) in [6.07, 6.45) is 1.50. The fourth-order valence-electron chi connectivity index (χ4n) is 2.06. The Kier molecular flexibility index (Phi) is 6.47. The summed E-state index contributed by atoms with van der Waals surface area (Å²) in [6, 6.07) is 10.4. The van der Waals surface area contributed by atoms with Gasteiger partial charge in [0.15, 0.2) is 0 Å². The summed E-state index contributed by atoms with van der Waals surface area (Å²) in [5, 5.41) is 14.4. The summed E-state index contributed by atoms with van der Waals surface area (Å²) in [6.45, 7) is -0.323. The molecule has 1 heterocycles. The second-order valence-electron chi connectivity index (χ2n) is 5.20. The van der Waals surface area contributed by atoms with E-state index in [9.17, 15) is 19.5 Å². The topological polar surface area (TPSA) is 108 Å². The molecular weight excluding hydrogens is 346 g/mol. The number of hydrogen-bond acceptors (Lipinski definition) is 4. The van der Waals surface area contributed by atoms with Crippen molar-refractivity contribution in [2.45, 2.75) is 12.5 Å². The standard InChI is InChI=1S/C17H16ClN3O4/c18-14-7-6-11(9-19-14)8-13(17(24)25)21-15(22)10-20-16(23)12-4-2-1-3-5-12/h1-7,9,13H,8,10H2,(H,20,23)(H,21,22)(H,24,25)/t13-/m0/s1. The van der Waals surface area contributed by atoms with Gasteiger partial charge in [0.1, 0.15) is 11.2 Å². The smallest absolute Gasteiger partial charge is 0.326 e. The summed E-state index contributed by atoms with van der Waals surface area (Å²) < 4.78 is 0. The van der Waals surface area contributed by atoms with Gasteiger partial charge in [0.2, 0.25) is 5.91 Å². The van der Waals surface area contributed by atoms with Crippen molar-refractivity contribution >= 4 is 29.4 Å². The molecule has 0 aliphatic rings. The van der Waals surface area contributed by atoms with Crippen LogP contribution in [-0.4, -0.2) is 40.5 Å². The number of hydrogen-bond donors (Lipinski definition) is 3. The van der Waals surface area contributed by atoms with E-state index in [4.69, 9.17) is 11.6 Å². The second kappa shape index (κ2) is 8.79. The van der Waals surface area contributed by atoms with Gasteiger partial charge in [0, 0.05) is 18.2 Å². The zero-order chi connectivity index (χ0) is 18.2. The minimum atomic E-state index is -1.18. The van der Waals surface area contributed by atoms with Crippen LogP contribution < -0.4 is 10.6 Å². The van der Waals surface area contributed by atoms with Gasteiger partial charge in [-0.25, -0.2) is 9.78 Å². The maximum atomic E-state index is 11.9. The fourth-order valence-corrected chi connectivity index (χ4v) is 2.17. The van der Waals surface area contributed by atoms with Crippen molar-refractivity contribution in [3.63, 3.8) is 0 Å². The van der Waals surface area contributed by atoms with E-state index in [0.29, 0.717) is 16.3 Å². The number of halogens is 1. The lowest BCUT2D eigenvalue weighted by Gasteiger charge is -2.15. The Morgan fingerprint density at radius 3 is 2.44 bits per heavy atom. The third-order valence-electron chi connectivity index (χ3n) is 3.31. The molecule has 0 saturated carbocycles. The minimum Gasteiger partial charge on any atom is -0.480 e. The number of carbonyl (C=O) groups excluding carboxylic acids is 2. The van der Waals surface area contributed by atoms with Crippen LogP contribution in [0.4, 0.5) is 0 Å². The lowest BCUT2D eigenvalue weighted by Crippen LogP contribution is -2.46. The molecule has 0 unspecified atom stereocenters. The molecule has 2 amide bonds. The largest absolute Gasteiger partial charge is 0.480 e. The molecule has 3 N–H and O–H groups in total. The van der Waals surface area contributed by atoms with Crippen LogP contribution in [0.25, 0.3) is 0 Å². The number of rotatable bonds is 7. The number of carboxylic acid groups (broad SMARTS) is 1. The van der Waals surface area contributed by atoms with E-state index in [1.807, 2.05) is 0 Å². The number of nitrogens with zero attached hydrogens (tertiary/aromatic N) is 1. The Bertz CT molecular complexity index is 750. The van der Waals surface area contributed by atoms with Crippen molar-refractivity contribution in [1.82, 2.24) is 15.6 Å². The maximum absolute atomic E-state index is 11.9. The summed E-state index contributed by atoms with van der Waals surface area (Å²) >= 11 is 5.68. The number of aromatic nitrogens is 1. The summed E-state index contributed by atoms with van der Waals surface area (Å²) in [4.78, 5) is 39.0. The van der Waals surface area contributed by atoms with Gasteiger partial charge in [-0.2, -0.15) is 0 Å². The minimum absolute atomic E-state index is 0.0534. The zero-order valence-electron chi connectivity index (χ0n) is 13.1. The van der Waals surface area contributed by atoms with Gasteiger partial charge >= 0.3 is 5.97 Å². The van der Waals surface area contributed by atoms with E-state index >= 15 is 0 Å². The molecule has 0 aliphatic carbocycles. The Labute approximate surface area is 149 Å². The first-order chi connectivity index (χ1) is 12.0. The number of carbonyl (C=O) groups is 3. The monoisotopic (exact) mass is 361 g/mol. The number of pyridine rings is 1. The Balaban J connectivity index is 1.88. The molecule has 0 radical (unpaired) electrons. The van der Waals surface area contributed by atoms with Crippen molar-refractivity contribution in [3.05, 3.63) is 64.9 Å². The lowest BCUT2D eigenvalue weighted by atomic mass is 10.1. The van der Waals surface area contributed by atoms with E-state index in [2.05, 4.69) is 15.6 Å². The quantitative estimate of drug-likeness (QED) is 0.644. The molecule has 0 aliphatic heterocycles. The molecule has 2 rings (SSSR count). The van der Waals surface area contributed by atoms with Crippen LogP contribution in [-0.2, 0) is 16.0 Å². The molecule has 7 nitrogen and oxygen atoms in total. The first kappa shape index (κ1) is 18.4. The third kappa shape index (κ3) is 5.89. The number of carboxylic acids is 1. The van der Waals surface area contributed by atoms with E-state index in [1.54, 1.807) is 36.4 Å². The van der Waals surface area contributed by atoms with Crippen LogP contribution in [0.3, 0.4) is 0 Å². The first-order valence-electron chi connectivity index (χ1n) is 7.41. The predicted octanol–water partition coefficient (Wildman–Crippen LogP) is 1.28. The molecule has 8 heteroatoms. The van der Waals surface area contributed by atoms with Crippen LogP contribution in [0.5, 0.6) is 0 Å². The molecular formula is C17H16ClN3O4. The van der Waals surface area contributed by atoms with E-state index in [-0.39, 0.29) is 13.0 Å². The first-order valence-corrected chi connectivity index (χ1v) is 7.79. The highest BCUT2D eigenvalue weighted by molar-refractivity contribution is 6.29. The number of nitrogens with one attached hydrogen (secondary N) is 2. The highest BCUT2D eigenvalue weighted by Crippen LogP contribution is 2.07. The summed E-state index contributed by atoms with van der Waals surface area (Å²) in [5.74, 6) is -2.19. The van der Waals surface area contributed by atoms with Gasteiger partial charge in [-0.15, -0.1) is 0 Å². The Morgan fingerprint density at radius 1 is 1.12 bits per heavy atom. The molecule has 0 fully saturated rings. The van der Waals surface area contributed by atoms with Crippen LogP contribution in [0.2, 0.25) is 5.15 Å². The van der Waals surface area contributed by atoms with Gasteiger partial charge in [0.25, 0.3) is 5.91 Å². The SMILES string of the molecule is O=C(CNC(=O)c1ccccc1)N[C@@H](Cc1ccc(Cl)nc1)C(=O)O. The van der Waals surface area contributed by atoms with Crippen LogP contribution in [0, 0.1) is 0 Å². The van der Waals surface area contributed by atoms with Crippen molar-refractivity contribution in [1.29, 1.82) is 0 Å². The van der Waals surface area contributed by atoms with Gasteiger partial charge in [-0.3, -0.25) is 9.59 Å². The molecule has 0 saturated heterocycles.